The van der Waals surface area contributed by atoms with Crippen molar-refractivity contribution in [3.8, 4) is 0 Å². The third-order valence-electron chi connectivity index (χ3n) is 2.12. The Balaban J connectivity index is 2.35. The zero-order chi connectivity index (χ0) is 7.14. The van der Waals surface area contributed by atoms with Crippen LogP contribution in [-0.4, -0.2) is 5.38 Å². The van der Waals surface area contributed by atoms with Gasteiger partial charge in [-0.15, -0.1) is 11.6 Å². The highest BCUT2D eigenvalue weighted by atomic mass is 79.9. The van der Waals surface area contributed by atoms with Crippen molar-refractivity contribution in [3.63, 3.8) is 0 Å². The first-order valence-corrected chi connectivity index (χ1v) is 4.74. The molecule has 2 rings (SSSR count). The SMILES string of the molecule is ClC1CCC2C=C(Br)C1=C2. The Kier molecular flexibility index (Phi) is 1.65. The van der Waals surface area contributed by atoms with Crippen LogP contribution in [0.1, 0.15) is 12.8 Å². The van der Waals surface area contributed by atoms with E-state index in [9.17, 15) is 0 Å². The average molecular weight is 220 g/mol. The number of halogens is 2. The predicted octanol–water partition coefficient (Wildman–Crippen LogP) is 3.22. The maximum absolute atomic E-state index is 6.07. The van der Waals surface area contributed by atoms with Gasteiger partial charge in [-0.1, -0.05) is 28.1 Å². The number of allylic oxidation sites excluding steroid dienone is 4. The smallest absolute Gasteiger partial charge is 0.0593 e. The first-order valence-electron chi connectivity index (χ1n) is 3.51. The second-order valence-electron chi connectivity index (χ2n) is 2.85. The summed E-state index contributed by atoms with van der Waals surface area (Å²) >= 11 is 9.56. The highest BCUT2D eigenvalue weighted by Crippen LogP contribution is 2.40. The van der Waals surface area contributed by atoms with Gasteiger partial charge in [0.1, 0.15) is 0 Å². The molecule has 0 aromatic carbocycles. The minimum atomic E-state index is 0.254. The topological polar surface area (TPSA) is 0 Å². The Morgan fingerprint density at radius 2 is 2.20 bits per heavy atom. The molecule has 0 amide bonds. The van der Waals surface area contributed by atoms with Crippen LogP contribution in [0.5, 0.6) is 0 Å². The Labute approximate surface area is 74.1 Å². The summed E-state index contributed by atoms with van der Waals surface area (Å²) in [6.45, 7) is 0. The van der Waals surface area contributed by atoms with E-state index >= 15 is 0 Å². The Morgan fingerprint density at radius 3 is 2.90 bits per heavy atom. The number of fused-ring (bicyclic) bond motifs is 1. The van der Waals surface area contributed by atoms with E-state index in [4.69, 9.17) is 11.6 Å². The van der Waals surface area contributed by atoms with Gasteiger partial charge in [-0.25, -0.2) is 0 Å². The van der Waals surface area contributed by atoms with Crippen LogP contribution in [0.4, 0.5) is 0 Å². The van der Waals surface area contributed by atoms with Gasteiger partial charge < -0.3 is 0 Å². The fourth-order valence-electron chi connectivity index (χ4n) is 1.56. The standard InChI is InChI=1S/C8H8BrCl/c9-7-4-5-1-2-8(10)6(7)3-5/h3-5,8H,1-2H2. The minimum Gasteiger partial charge on any atom is -0.118 e. The van der Waals surface area contributed by atoms with Gasteiger partial charge in [0, 0.05) is 4.48 Å². The maximum Gasteiger partial charge on any atom is 0.0593 e. The first kappa shape index (κ1) is 6.93. The second-order valence-corrected chi connectivity index (χ2v) is 4.23. The third-order valence-corrected chi connectivity index (χ3v) is 3.30. The molecule has 0 radical (unpaired) electrons. The van der Waals surface area contributed by atoms with E-state index in [2.05, 4.69) is 28.1 Å². The van der Waals surface area contributed by atoms with Crippen molar-refractivity contribution in [2.75, 3.05) is 0 Å². The summed E-state index contributed by atoms with van der Waals surface area (Å²) in [5.74, 6) is 0.666. The second kappa shape index (κ2) is 2.38. The summed E-state index contributed by atoms with van der Waals surface area (Å²) in [5, 5.41) is 0.254. The van der Waals surface area contributed by atoms with Gasteiger partial charge >= 0.3 is 0 Å². The number of hydrogen-bond donors (Lipinski definition) is 0. The fraction of sp³-hybridized carbons (Fsp3) is 0.500. The zero-order valence-corrected chi connectivity index (χ0v) is 7.82. The number of hydrogen-bond acceptors (Lipinski definition) is 0. The van der Waals surface area contributed by atoms with Gasteiger partial charge in [0.25, 0.3) is 0 Å². The summed E-state index contributed by atoms with van der Waals surface area (Å²) in [5.41, 5.74) is 1.30. The minimum absolute atomic E-state index is 0.254. The summed E-state index contributed by atoms with van der Waals surface area (Å²) in [6.07, 6.45) is 6.86. The summed E-state index contributed by atoms with van der Waals surface area (Å²) in [4.78, 5) is 0. The molecular formula is C8H8BrCl. The molecule has 2 aliphatic carbocycles. The molecule has 0 N–H and O–H groups in total. The zero-order valence-electron chi connectivity index (χ0n) is 5.48. The van der Waals surface area contributed by atoms with Crippen LogP contribution >= 0.6 is 27.5 Å². The van der Waals surface area contributed by atoms with Crippen LogP contribution in [0, 0.1) is 5.92 Å². The molecule has 2 unspecified atom stereocenters. The maximum atomic E-state index is 6.07. The largest absolute Gasteiger partial charge is 0.118 e. The van der Waals surface area contributed by atoms with Crippen molar-refractivity contribution in [1.29, 1.82) is 0 Å². The van der Waals surface area contributed by atoms with Crippen molar-refractivity contribution in [1.82, 2.24) is 0 Å². The van der Waals surface area contributed by atoms with Crippen LogP contribution in [0.2, 0.25) is 0 Å². The van der Waals surface area contributed by atoms with Crippen LogP contribution in [-0.2, 0) is 0 Å². The van der Waals surface area contributed by atoms with Crippen LogP contribution in [0.15, 0.2) is 22.2 Å². The van der Waals surface area contributed by atoms with Crippen molar-refractivity contribution in [2.45, 2.75) is 18.2 Å². The quantitative estimate of drug-likeness (QED) is 0.549. The molecule has 0 nitrogen and oxygen atoms in total. The van der Waals surface area contributed by atoms with Crippen molar-refractivity contribution in [2.24, 2.45) is 5.92 Å². The highest BCUT2D eigenvalue weighted by molar-refractivity contribution is 9.12. The summed E-state index contributed by atoms with van der Waals surface area (Å²) < 4.78 is 1.22. The lowest BCUT2D eigenvalue weighted by Gasteiger charge is -2.15. The van der Waals surface area contributed by atoms with Crippen LogP contribution in [0.3, 0.4) is 0 Å². The van der Waals surface area contributed by atoms with Gasteiger partial charge in [0.2, 0.25) is 0 Å². The van der Waals surface area contributed by atoms with E-state index in [1.807, 2.05) is 0 Å². The van der Waals surface area contributed by atoms with Gasteiger partial charge in [-0.05, 0) is 24.3 Å². The fourth-order valence-corrected chi connectivity index (χ4v) is 2.75. The Bertz CT molecular complexity index is 217. The molecule has 0 fully saturated rings. The van der Waals surface area contributed by atoms with E-state index in [1.165, 1.54) is 16.5 Å². The van der Waals surface area contributed by atoms with Crippen molar-refractivity contribution < 1.29 is 0 Å². The van der Waals surface area contributed by atoms with E-state index in [0.29, 0.717) is 5.92 Å². The molecular weight excluding hydrogens is 211 g/mol. The molecule has 0 aliphatic heterocycles. The van der Waals surface area contributed by atoms with E-state index in [1.54, 1.807) is 0 Å². The van der Waals surface area contributed by atoms with Crippen molar-refractivity contribution in [3.05, 3.63) is 22.2 Å². The molecule has 0 spiro atoms. The molecule has 0 aromatic heterocycles. The van der Waals surface area contributed by atoms with Crippen LogP contribution in [0.25, 0.3) is 0 Å². The first-order chi connectivity index (χ1) is 4.77. The van der Waals surface area contributed by atoms with Gasteiger partial charge in [0.05, 0.1) is 5.38 Å². The van der Waals surface area contributed by atoms with Gasteiger partial charge in [0.15, 0.2) is 0 Å². The third kappa shape index (κ3) is 0.960. The Hall–Kier alpha value is 0.250. The number of rotatable bonds is 0. The predicted molar refractivity (Wildman–Crippen MR) is 47.5 cm³/mol. The van der Waals surface area contributed by atoms with Crippen LogP contribution < -0.4 is 0 Å². The normalized spacial score (nSPS) is 37.4. The summed E-state index contributed by atoms with van der Waals surface area (Å²) in [6, 6.07) is 0. The lowest BCUT2D eigenvalue weighted by molar-refractivity contribution is 0.641. The van der Waals surface area contributed by atoms with E-state index < -0.39 is 0 Å². The van der Waals surface area contributed by atoms with Gasteiger partial charge in [-0.2, -0.15) is 0 Å². The molecule has 0 saturated heterocycles. The molecule has 10 heavy (non-hydrogen) atoms. The molecule has 0 heterocycles. The number of alkyl halides is 1. The molecule has 0 saturated carbocycles. The lowest BCUT2D eigenvalue weighted by Crippen LogP contribution is -2.07. The molecule has 2 aliphatic rings. The molecule has 2 bridgehead atoms. The molecule has 54 valence electrons. The van der Waals surface area contributed by atoms with E-state index in [-0.39, 0.29) is 5.38 Å². The molecule has 2 heteroatoms. The average Bonchev–Trinajstić information content (AvgIpc) is 2.21. The van der Waals surface area contributed by atoms with Gasteiger partial charge in [-0.3, -0.25) is 0 Å². The molecule has 0 aromatic rings. The molecule has 2 atom stereocenters. The van der Waals surface area contributed by atoms with E-state index in [0.717, 1.165) is 6.42 Å². The highest BCUT2D eigenvalue weighted by Gasteiger charge is 2.26. The monoisotopic (exact) mass is 218 g/mol. The Morgan fingerprint density at radius 1 is 1.40 bits per heavy atom. The van der Waals surface area contributed by atoms with Crippen molar-refractivity contribution >= 4 is 27.5 Å². The lowest BCUT2D eigenvalue weighted by atomic mass is 9.97. The summed E-state index contributed by atoms with van der Waals surface area (Å²) in [7, 11) is 0.